The van der Waals surface area contributed by atoms with Crippen molar-refractivity contribution in [2.24, 2.45) is 0 Å². The molecule has 0 radical (unpaired) electrons. The average molecular weight is 278 g/mol. The van der Waals surface area contributed by atoms with Crippen LogP contribution in [0.25, 0.3) is 11.1 Å². The summed E-state index contributed by atoms with van der Waals surface area (Å²) in [6, 6.07) is 10.2. The van der Waals surface area contributed by atoms with E-state index in [1.165, 1.54) is 19.1 Å². The van der Waals surface area contributed by atoms with Gasteiger partial charge in [0, 0.05) is 5.56 Å². The van der Waals surface area contributed by atoms with Crippen LogP contribution in [-0.4, -0.2) is 5.78 Å². The predicted octanol–water partition coefficient (Wildman–Crippen LogP) is 4.88. The lowest BCUT2D eigenvalue weighted by molar-refractivity contribution is -0.137. The molecule has 20 heavy (non-hydrogen) atoms. The summed E-state index contributed by atoms with van der Waals surface area (Å²) < 4.78 is 39.0. The number of carbonyl (C=O) groups excluding carboxylic acids is 1. The smallest absolute Gasteiger partial charge is 0.295 e. The summed E-state index contributed by atoms with van der Waals surface area (Å²) >= 11 is 0. The second-order valence-corrected chi connectivity index (χ2v) is 4.63. The first kappa shape index (κ1) is 14.3. The SMILES string of the molecule is CC(=O)c1ccc(-c2ccccc2C(F)(F)F)cc1C. The molecule has 0 aliphatic heterocycles. The van der Waals surface area contributed by atoms with Gasteiger partial charge in [0.1, 0.15) is 0 Å². The lowest BCUT2D eigenvalue weighted by Crippen LogP contribution is -2.07. The van der Waals surface area contributed by atoms with Gasteiger partial charge in [0.2, 0.25) is 0 Å². The maximum absolute atomic E-state index is 13.0. The van der Waals surface area contributed by atoms with Crippen LogP contribution < -0.4 is 0 Å². The van der Waals surface area contributed by atoms with Crippen molar-refractivity contribution < 1.29 is 18.0 Å². The highest BCUT2D eigenvalue weighted by molar-refractivity contribution is 5.96. The molecule has 0 saturated heterocycles. The summed E-state index contributed by atoms with van der Waals surface area (Å²) in [5, 5.41) is 0. The molecule has 0 aromatic heterocycles. The van der Waals surface area contributed by atoms with Gasteiger partial charge in [-0.3, -0.25) is 4.79 Å². The van der Waals surface area contributed by atoms with Crippen molar-refractivity contribution in [3.05, 3.63) is 59.2 Å². The highest BCUT2D eigenvalue weighted by atomic mass is 19.4. The van der Waals surface area contributed by atoms with E-state index in [0.29, 0.717) is 16.7 Å². The summed E-state index contributed by atoms with van der Waals surface area (Å²) in [6.07, 6.45) is -4.40. The molecule has 0 N–H and O–H groups in total. The van der Waals surface area contributed by atoms with Crippen molar-refractivity contribution in [1.82, 2.24) is 0 Å². The van der Waals surface area contributed by atoms with Gasteiger partial charge in [0.05, 0.1) is 5.56 Å². The van der Waals surface area contributed by atoms with Crippen LogP contribution in [0.3, 0.4) is 0 Å². The monoisotopic (exact) mass is 278 g/mol. The Bertz CT molecular complexity index is 657. The Balaban J connectivity index is 2.59. The molecule has 0 aliphatic carbocycles. The number of halogens is 3. The first-order chi connectivity index (χ1) is 9.30. The van der Waals surface area contributed by atoms with Gasteiger partial charge in [-0.1, -0.05) is 36.4 Å². The number of Topliss-reactive ketones (excluding diaryl/α,β-unsaturated/α-hetero) is 1. The van der Waals surface area contributed by atoms with Crippen LogP contribution in [-0.2, 0) is 6.18 Å². The summed E-state index contributed by atoms with van der Waals surface area (Å²) in [5.41, 5.74) is 1.11. The molecule has 4 heteroatoms. The molecule has 0 amide bonds. The van der Waals surface area contributed by atoms with E-state index in [-0.39, 0.29) is 11.3 Å². The van der Waals surface area contributed by atoms with Crippen LogP contribution in [0.2, 0.25) is 0 Å². The fraction of sp³-hybridized carbons (Fsp3) is 0.188. The molecule has 0 atom stereocenters. The molecular weight excluding hydrogens is 265 g/mol. The predicted molar refractivity (Wildman–Crippen MR) is 71.6 cm³/mol. The van der Waals surface area contributed by atoms with Crippen LogP contribution in [0, 0.1) is 6.92 Å². The third-order valence-electron chi connectivity index (χ3n) is 3.15. The molecule has 0 saturated carbocycles. The second-order valence-electron chi connectivity index (χ2n) is 4.63. The average Bonchev–Trinajstić information content (AvgIpc) is 2.37. The minimum absolute atomic E-state index is 0.0989. The van der Waals surface area contributed by atoms with Crippen molar-refractivity contribution in [2.75, 3.05) is 0 Å². The maximum Gasteiger partial charge on any atom is 0.417 e. The fourth-order valence-electron chi connectivity index (χ4n) is 2.21. The summed E-state index contributed by atoms with van der Waals surface area (Å²) in [6.45, 7) is 3.15. The Labute approximate surface area is 115 Å². The zero-order valence-corrected chi connectivity index (χ0v) is 11.1. The fourth-order valence-corrected chi connectivity index (χ4v) is 2.21. The second kappa shape index (κ2) is 5.12. The molecule has 2 aromatic carbocycles. The molecule has 0 unspecified atom stereocenters. The standard InChI is InChI=1S/C16H13F3O/c1-10-9-12(7-8-13(10)11(2)20)14-5-3-4-6-15(14)16(17,18)19/h3-9H,1-2H3. The lowest BCUT2D eigenvalue weighted by atomic mass is 9.95. The number of rotatable bonds is 2. The van der Waals surface area contributed by atoms with E-state index in [9.17, 15) is 18.0 Å². The Morgan fingerprint density at radius 1 is 1.05 bits per heavy atom. The van der Waals surface area contributed by atoms with Gasteiger partial charge in [-0.2, -0.15) is 13.2 Å². The number of benzene rings is 2. The van der Waals surface area contributed by atoms with Crippen molar-refractivity contribution in [3.63, 3.8) is 0 Å². The Hall–Kier alpha value is -2.10. The van der Waals surface area contributed by atoms with E-state index < -0.39 is 11.7 Å². The molecule has 2 aromatic rings. The Morgan fingerprint density at radius 2 is 1.70 bits per heavy atom. The van der Waals surface area contributed by atoms with E-state index in [1.807, 2.05) is 0 Å². The zero-order valence-electron chi connectivity index (χ0n) is 11.1. The summed E-state index contributed by atoms with van der Waals surface area (Å²) in [5.74, 6) is -0.0989. The quantitative estimate of drug-likeness (QED) is 0.715. The third-order valence-corrected chi connectivity index (χ3v) is 3.15. The van der Waals surface area contributed by atoms with Gasteiger partial charge in [0.15, 0.2) is 5.78 Å². The number of hydrogen-bond donors (Lipinski definition) is 0. The summed E-state index contributed by atoms with van der Waals surface area (Å²) in [4.78, 5) is 11.4. The van der Waals surface area contributed by atoms with Gasteiger partial charge in [-0.15, -0.1) is 0 Å². The van der Waals surface area contributed by atoms with Crippen LogP contribution in [0.4, 0.5) is 13.2 Å². The Kier molecular flexibility index (Phi) is 3.66. The largest absolute Gasteiger partial charge is 0.417 e. The lowest BCUT2D eigenvalue weighted by Gasteiger charge is -2.14. The minimum Gasteiger partial charge on any atom is -0.295 e. The molecule has 0 aliphatic rings. The molecule has 0 heterocycles. The Morgan fingerprint density at radius 3 is 2.25 bits per heavy atom. The molecular formula is C16H13F3O. The number of carbonyl (C=O) groups is 1. The normalized spacial score (nSPS) is 11.4. The van der Waals surface area contributed by atoms with E-state index in [4.69, 9.17) is 0 Å². The van der Waals surface area contributed by atoms with Gasteiger partial charge >= 0.3 is 6.18 Å². The van der Waals surface area contributed by atoms with Gasteiger partial charge in [0.25, 0.3) is 0 Å². The highest BCUT2D eigenvalue weighted by Gasteiger charge is 2.33. The van der Waals surface area contributed by atoms with Gasteiger partial charge in [-0.05, 0) is 36.6 Å². The van der Waals surface area contributed by atoms with Crippen LogP contribution >= 0.6 is 0 Å². The zero-order chi connectivity index (χ0) is 14.9. The summed E-state index contributed by atoms with van der Waals surface area (Å²) in [7, 11) is 0. The van der Waals surface area contributed by atoms with Crippen LogP contribution in [0.1, 0.15) is 28.4 Å². The first-order valence-electron chi connectivity index (χ1n) is 6.09. The highest BCUT2D eigenvalue weighted by Crippen LogP contribution is 2.37. The number of hydrogen-bond acceptors (Lipinski definition) is 1. The van der Waals surface area contributed by atoms with Crippen LogP contribution in [0.15, 0.2) is 42.5 Å². The van der Waals surface area contributed by atoms with Crippen molar-refractivity contribution in [3.8, 4) is 11.1 Å². The molecule has 104 valence electrons. The van der Waals surface area contributed by atoms with Gasteiger partial charge in [-0.25, -0.2) is 0 Å². The number of aryl methyl sites for hydroxylation is 1. The van der Waals surface area contributed by atoms with Crippen molar-refractivity contribution in [2.45, 2.75) is 20.0 Å². The van der Waals surface area contributed by atoms with Crippen molar-refractivity contribution in [1.29, 1.82) is 0 Å². The maximum atomic E-state index is 13.0. The number of alkyl halides is 3. The van der Waals surface area contributed by atoms with E-state index in [1.54, 1.807) is 31.2 Å². The van der Waals surface area contributed by atoms with Gasteiger partial charge < -0.3 is 0 Å². The minimum atomic E-state index is -4.40. The van der Waals surface area contributed by atoms with Crippen molar-refractivity contribution >= 4 is 5.78 Å². The van der Waals surface area contributed by atoms with Crippen LogP contribution in [0.5, 0.6) is 0 Å². The van der Waals surface area contributed by atoms with E-state index >= 15 is 0 Å². The first-order valence-corrected chi connectivity index (χ1v) is 6.09. The third kappa shape index (κ3) is 2.74. The molecule has 1 nitrogen and oxygen atoms in total. The number of ketones is 1. The molecule has 0 bridgehead atoms. The molecule has 0 spiro atoms. The van der Waals surface area contributed by atoms with E-state index in [2.05, 4.69) is 0 Å². The molecule has 0 fully saturated rings. The topological polar surface area (TPSA) is 17.1 Å². The molecule has 2 rings (SSSR count). The van der Waals surface area contributed by atoms with E-state index in [0.717, 1.165) is 6.07 Å².